The molecule has 0 spiro atoms. The molecule has 0 fully saturated rings. The minimum Gasteiger partial charge on any atom is -0.463 e. The number of aliphatic hydroxyl groups excluding tert-OH is 1. The van der Waals surface area contributed by atoms with E-state index < -0.39 is 6.10 Å². The molecule has 0 aromatic heterocycles. The lowest BCUT2D eigenvalue weighted by atomic mass is 10.1. The van der Waals surface area contributed by atoms with Crippen molar-refractivity contribution in [1.82, 2.24) is 5.32 Å². The quantitative estimate of drug-likeness (QED) is 0.436. The van der Waals surface area contributed by atoms with Gasteiger partial charge in [-0.25, -0.2) is 4.79 Å². The molecule has 2 N–H and O–H groups in total. The lowest BCUT2D eigenvalue weighted by Gasteiger charge is -2.10. The number of hydrogen-bond acceptors (Lipinski definition) is 4. The summed E-state index contributed by atoms with van der Waals surface area (Å²) in [4.78, 5) is 11.0. The normalized spacial score (nSPS) is 12.6. The van der Waals surface area contributed by atoms with Gasteiger partial charge >= 0.3 is 5.97 Å². The molecule has 0 amide bonds. The van der Waals surface area contributed by atoms with E-state index in [1.807, 2.05) is 30.3 Å². The van der Waals surface area contributed by atoms with Gasteiger partial charge in [-0.05, 0) is 12.5 Å². The second-order valence-electron chi connectivity index (χ2n) is 3.74. The third kappa shape index (κ3) is 5.61. The largest absolute Gasteiger partial charge is 0.463 e. The Hall–Kier alpha value is -1.65. The highest BCUT2D eigenvalue weighted by Crippen LogP contribution is 2.10. The van der Waals surface area contributed by atoms with Crippen molar-refractivity contribution in [2.75, 3.05) is 19.7 Å². The van der Waals surface area contributed by atoms with Crippen LogP contribution in [-0.4, -0.2) is 30.8 Å². The molecule has 0 saturated heterocycles. The molecule has 0 radical (unpaired) electrons. The van der Waals surface area contributed by atoms with Crippen molar-refractivity contribution in [3.63, 3.8) is 0 Å². The van der Waals surface area contributed by atoms with Crippen LogP contribution < -0.4 is 5.32 Å². The summed E-state index contributed by atoms with van der Waals surface area (Å²) in [6.07, 6.45) is 2.52. The first-order valence-corrected chi connectivity index (χ1v) is 6.01. The number of ether oxygens (including phenoxy) is 1. The van der Waals surface area contributed by atoms with Crippen LogP contribution in [0.5, 0.6) is 0 Å². The molecule has 1 aromatic rings. The van der Waals surface area contributed by atoms with Crippen LogP contribution in [0.3, 0.4) is 0 Å². The zero-order valence-electron chi connectivity index (χ0n) is 10.5. The Balaban J connectivity index is 2.20. The summed E-state index contributed by atoms with van der Waals surface area (Å²) in [5.74, 6) is -0.345. The van der Waals surface area contributed by atoms with Crippen LogP contribution in [0.1, 0.15) is 18.6 Å². The van der Waals surface area contributed by atoms with E-state index in [0.717, 1.165) is 5.56 Å². The summed E-state index contributed by atoms with van der Waals surface area (Å²) in [6.45, 7) is 3.10. The number of carbonyl (C=O) groups is 1. The molecule has 0 saturated carbocycles. The maximum Gasteiger partial charge on any atom is 0.330 e. The molecule has 98 valence electrons. The highest BCUT2D eigenvalue weighted by atomic mass is 16.5. The van der Waals surface area contributed by atoms with Gasteiger partial charge in [0.25, 0.3) is 0 Å². The van der Waals surface area contributed by atoms with Gasteiger partial charge in [0.05, 0.1) is 12.7 Å². The number of rotatable bonds is 7. The molecule has 1 rings (SSSR count). The zero-order valence-corrected chi connectivity index (χ0v) is 10.5. The summed E-state index contributed by atoms with van der Waals surface area (Å²) in [5.41, 5.74) is 0.874. The first-order chi connectivity index (χ1) is 8.74. The zero-order chi connectivity index (χ0) is 13.2. The van der Waals surface area contributed by atoms with Gasteiger partial charge in [-0.3, -0.25) is 0 Å². The summed E-state index contributed by atoms with van der Waals surface area (Å²) in [7, 11) is 0. The molecule has 18 heavy (non-hydrogen) atoms. The number of nitrogens with one attached hydrogen (secondary N) is 1. The number of benzene rings is 1. The van der Waals surface area contributed by atoms with Crippen molar-refractivity contribution < 1.29 is 14.6 Å². The third-order valence-corrected chi connectivity index (χ3v) is 2.32. The minimum atomic E-state index is -0.540. The van der Waals surface area contributed by atoms with Gasteiger partial charge in [0.1, 0.15) is 0 Å². The summed E-state index contributed by atoms with van der Waals surface area (Å²) >= 11 is 0. The van der Waals surface area contributed by atoms with Gasteiger partial charge in [0.2, 0.25) is 0 Å². The van der Waals surface area contributed by atoms with E-state index in [9.17, 15) is 9.90 Å². The van der Waals surface area contributed by atoms with E-state index >= 15 is 0 Å². The van der Waals surface area contributed by atoms with E-state index in [4.69, 9.17) is 4.74 Å². The Bertz CT molecular complexity index is 376. The van der Waals surface area contributed by atoms with Crippen LogP contribution in [-0.2, 0) is 9.53 Å². The molecular formula is C14H19NO3. The Morgan fingerprint density at radius 3 is 2.83 bits per heavy atom. The second-order valence-corrected chi connectivity index (χ2v) is 3.74. The van der Waals surface area contributed by atoms with E-state index in [1.54, 1.807) is 13.0 Å². The van der Waals surface area contributed by atoms with Crippen molar-refractivity contribution >= 4 is 5.97 Å². The molecule has 1 atom stereocenters. The SMILES string of the molecule is CCOC(=O)/C=C/CNCC(O)c1ccccc1. The average molecular weight is 249 g/mol. The maximum absolute atomic E-state index is 11.0. The number of esters is 1. The molecule has 0 aliphatic rings. The van der Waals surface area contributed by atoms with Crippen LogP contribution in [0.4, 0.5) is 0 Å². The van der Waals surface area contributed by atoms with Crippen molar-refractivity contribution in [2.24, 2.45) is 0 Å². The Labute approximate surface area is 107 Å². The molecule has 4 heteroatoms. The Morgan fingerprint density at radius 1 is 1.44 bits per heavy atom. The molecule has 0 aliphatic carbocycles. The van der Waals surface area contributed by atoms with Crippen molar-refractivity contribution in [3.8, 4) is 0 Å². The van der Waals surface area contributed by atoms with Gasteiger partial charge in [0, 0.05) is 19.2 Å². The monoisotopic (exact) mass is 249 g/mol. The van der Waals surface area contributed by atoms with Crippen LogP contribution in [0.2, 0.25) is 0 Å². The number of aliphatic hydroxyl groups is 1. The van der Waals surface area contributed by atoms with Gasteiger partial charge in [-0.15, -0.1) is 0 Å². The van der Waals surface area contributed by atoms with Crippen LogP contribution in [0.15, 0.2) is 42.5 Å². The Morgan fingerprint density at radius 2 is 2.17 bits per heavy atom. The molecule has 1 unspecified atom stereocenters. The van der Waals surface area contributed by atoms with E-state index in [0.29, 0.717) is 19.7 Å². The van der Waals surface area contributed by atoms with Gasteiger partial charge in [-0.1, -0.05) is 36.4 Å². The predicted octanol–water partition coefficient (Wildman–Crippen LogP) is 1.43. The lowest BCUT2D eigenvalue weighted by molar-refractivity contribution is -0.137. The molecule has 0 bridgehead atoms. The number of carbonyl (C=O) groups excluding carboxylic acids is 1. The average Bonchev–Trinajstić information content (AvgIpc) is 2.39. The van der Waals surface area contributed by atoms with E-state index in [-0.39, 0.29) is 5.97 Å². The smallest absolute Gasteiger partial charge is 0.330 e. The van der Waals surface area contributed by atoms with Crippen LogP contribution >= 0.6 is 0 Å². The highest BCUT2D eigenvalue weighted by molar-refractivity contribution is 5.81. The molecule has 0 heterocycles. The minimum absolute atomic E-state index is 0.345. The fraction of sp³-hybridized carbons (Fsp3) is 0.357. The fourth-order valence-corrected chi connectivity index (χ4v) is 1.44. The second kappa shape index (κ2) is 8.44. The van der Waals surface area contributed by atoms with E-state index in [1.165, 1.54) is 6.08 Å². The standard InChI is InChI=1S/C14H19NO3/c1-2-18-14(17)9-6-10-15-11-13(16)12-7-4-3-5-8-12/h3-9,13,15-16H,2,10-11H2,1H3/b9-6+. The summed E-state index contributed by atoms with van der Waals surface area (Å²) in [5, 5.41) is 12.9. The predicted molar refractivity (Wildman–Crippen MR) is 70.0 cm³/mol. The van der Waals surface area contributed by atoms with Crippen molar-refractivity contribution in [2.45, 2.75) is 13.0 Å². The van der Waals surface area contributed by atoms with Crippen LogP contribution in [0, 0.1) is 0 Å². The number of hydrogen-bond donors (Lipinski definition) is 2. The van der Waals surface area contributed by atoms with Crippen molar-refractivity contribution in [1.29, 1.82) is 0 Å². The Kier molecular flexibility index (Phi) is 6.76. The third-order valence-electron chi connectivity index (χ3n) is 2.32. The fourth-order valence-electron chi connectivity index (χ4n) is 1.44. The molecule has 4 nitrogen and oxygen atoms in total. The molecule has 0 aliphatic heterocycles. The molecular weight excluding hydrogens is 230 g/mol. The van der Waals surface area contributed by atoms with E-state index in [2.05, 4.69) is 5.32 Å². The first kappa shape index (κ1) is 14.4. The topological polar surface area (TPSA) is 58.6 Å². The van der Waals surface area contributed by atoms with Gasteiger partial charge in [0.15, 0.2) is 0 Å². The van der Waals surface area contributed by atoms with Gasteiger partial charge < -0.3 is 15.2 Å². The lowest BCUT2D eigenvalue weighted by Crippen LogP contribution is -2.21. The molecule has 1 aromatic carbocycles. The van der Waals surface area contributed by atoms with Crippen LogP contribution in [0.25, 0.3) is 0 Å². The summed E-state index contributed by atoms with van der Waals surface area (Å²) < 4.78 is 4.74. The summed E-state index contributed by atoms with van der Waals surface area (Å²) in [6, 6.07) is 9.44. The highest BCUT2D eigenvalue weighted by Gasteiger charge is 2.04. The van der Waals surface area contributed by atoms with Gasteiger partial charge in [-0.2, -0.15) is 0 Å². The maximum atomic E-state index is 11.0. The first-order valence-electron chi connectivity index (χ1n) is 6.01. The van der Waals surface area contributed by atoms with Crippen molar-refractivity contribution in [3.05, 3.63) is 48.0 Å².